The molecule has 1 atom stereocenters. The Labute approximate surface area is 197 Å². The highest BCUT2D eigenvalue weighted by atomic mass is 16.6. The van der Waals surface area contributed by atoms with Crippen LogP contribution in [0.25, 0.3) is 0 Å². The summed E-state index contributed by atoms with van der Waals surface area (Å²) in [5, 5.41) is 5.83. The molecule has 176 valence electrons. The molecule has 8 nitrogen and oxygen atoms in total. The Balaban J connectivity index is 1.39. The van der Waals surface area contributed by atoms with Gasteiger partial charge >= 0.3 is 5.97 Å². The summed E-state index contributed by atoms with van der Waals surface area (Å²) in [5.41, 5.74) is 3.78. The number of hydrogen-bond donors (Lipinski definition) is 0. The van der Waals surface area contributed by atoms with Crippen LogP contribution in [0.3, 0.4) is 0 Å². The highest BCUT2D eigenvalue weighted by Crippen LogP contribution is 2.33. The first-order chi connectivity index (χ1) is 16.4. The van der Waals surface area contributed by atoms with Gasteiger partial charge < -0.3 is 18.6 Å². The van der Waals surface area contributed by atoms with Crippen LogP contribution in [0.2, 0.25) is 0 Å². The smallest absolute Gasteiger partial charge is 0.344 e. The minimum atomic E-state index is -0.639. The molecule has 4 rings (SSSR count). The Kier molecular flexibility index (Phi) is 6.96. The molecule has 1 aromatic heterocycles. The van der Waals surface area contributed by atoms with Crippen molar-refractivity contribution in [3.05, 3.63) is 83.3 Å². The van der Waals surface area contributed by atoms with Crippen molar-refractivity contribution in [2.45, 2.75) is 26.3 Å². The monoisotopic (exact) mass is 462 g/mol. The lowest BCUT2D eigenvalue weighted by atomic mass is 10.0. The van der Waals surface area contributed by atoms with E-state index in [1.54, 1.807) is 31.6 Å². The maximum absolute atomic E-state index is 12.9. The number of hydrazone groups is 1. The lowest BCUT2D eigenvalue weighted by molar-refractivity contribution is -0.154. The second-order valence-corrected chi connectivity index (χ2v) is 7.94. The van der Waals surface area contributed by atoms with Crippen LogP contribution in [-0.4, -0.2) is 42.9 Å². The molecule has 0 saturated heterocycles. The summed E-state index contributed by atoms with van der Waals surface area (Å²) in [5.74, 6) is 0.805. The Morgan fingerprint density at radius 3 is 2.47 bits per heavy atom. The molecule has 1 unspecified atom stereocenters. The van der Waals surface area contributed by atoms with E-state index >= 15 is 0 Å². The van der Waals surface area contributed by atoms with E-state index in [9.17, 15) is 9.59 Å². The lowest BCUT2D eigenvalue weighted by Crippen LogP contribution is -2.32. The highest BCUT2D eigenvalue weighted by molar-refractivity contribution is 6.03. The van der Waals surface area contributed by atoms with Gasteiger partial charge in [-0.2, -0.15) is 5.10 Å². The molecule has 2 heterocycles. The second kappa shape index (κ2) is 10.2. The Morgan fingerprint density at radius 1 is 1.03 bits per heavy atom. The molecule has 1 aliphatic rings. The number of rotatable bonds is 8. The Hall–Kier alpha value is -4.07. The first-order valence-electron chi connectivity index (χ1n) is 10.9. The van der Waals surface area contributed by atoms with E-state index in [1.165, 1.54) is 5.01 Å². The van der Waals surface area contributed by atoms with Crippen molar-refractivity contribution in [2.24, 2.45) is 5.10 Å². The number of carbonyl (C=O) groups excluding carboxylic acids is 2. The zero-order chi connectivity index (χ0) is 24.1. The lowest BCUT2D eigenvalue weighted by Gasteiger charge is -2.19. The van der Waals surface area contributed by atoms with Gasteiger partial charge in [0, 0.05) is 6.42 Å². The number of aryl methyl sites for hydroxylation is 2. The van der Waals surface area contributed by atoms with Crippen LogP contribution in [-0.2, 0) is 14.3 Å². The molecule has 0 saturated carbocycles. The van der Waals surface area contributed by atoms with Gasteiger partial charge in [0.1, 0.15) is 23.3 Å². The molecule has 0 aliphatic carbocycles. The zero-order valence-corrected chi connectivity index (χ0v) is 19.3. The number of benzene rings is 2. The van der Waals surface area contributed by atoms with Crippen LogP contribution >= 0.6 is 0 Å². The molecule has 0 spiro atoms. The number of carbonyl (C=O) groups is 2. The van der Waals surface area contributed by atoms with E-state index in [-0.39, 0.29) is 6.61 Å². The van der Waals surface area contributed by atoms with Crippen LogP contribution in [0.5, 0.6) is 11.5 Å². The van der Waals surface area contributed by atoms with Crippen molar-refractivity contribution in [2.75, 3.05) is 20.3 Å². The minimum absolute atomic E-state index is 0.294. The van der Waals surface area contributed by atoms with Crippen molar-refractivity contribution < 1.29 is 28.2 Å². The quantitative estimate of drug-likeness (QED) is 0.466. The van der Waals surface area contributed by atoms with E-state index in [1.807, 2.05) is 50.2 Å². The average Bonchev–Trinajstić information content (AvgIpc) is 3.53. The van der Waals surface area contributed by atoms with Crippen molar-refractivity contribution in [1.29, 1.82) is 0 Å². The zero-order valence-electron chi connectivity index (χ0n) is 19.3. The van der Waals surface area contributed by atoms with Crippen LogP contribution < -0.4 is 9.47 Å². The number of amides is 1. The summed E-state index contributed by atoms with van der Waals surface area (Å²) in [4.78, 5) is 25.1. The summed E-state index contributed by atoms with van der Waals surface area (Å²) >= 11 is 0. The predicted molar refractivity (Wildman–Crippen MR) is 125 cm³/mol. The van der Waals surface area contributed by atoms with E-state index < -0.39 is 24.5 Å². The van der Waals surface area contributed by atoms with Crippen molar-refractivity contribution in [3.8, 4) is 11.5 Å². The van der Waals surface area contributed by atoms with Gasteiger partial charge in [-0.25, -0.2) is 9.80 Å². The third-order valence-electron chi connectivity index (χ3n) is 5.65. The van der Waals surface area contributed by atoms with Gasteiger partial charge in [0.15, 0.2) is 13.2 Å². The number of esters is 1. The van der Waals surface area contributed by atoms with Gasteiger partial charge in [-0.05, 0) is 79.1 Å². The molecule has 0 radical (unpaired) electrons. The van der Waals surface area contributed by atoms with Crippen molar-refractivity contribution in [3.63, 3.8) is 0 Å². The van der Waals surface area contributed by atoms with Gasteiger partial charge in [0.05, 0.1) is 19.1 Å². The molecule has 1 amide bonds. The third kappa shape index (κ3) is 5.28. The maximum Gasteiger partial charge on any atom is 0.344 e. The van der Waals surface area contributed by atoms with Crippen molar-refractivity contribution in [1.82, 2.24) is 5.01 Å². The van der Waals surface area contributed by atoms with Gasteiger partial charge in [-0.15, -0.1) is 0 Å². The third-order valence-corrected chi connectivity index (χ3v) is 5.65. The van der Waals surface area contributed by atoms with Gasteiger partial charge in [0.25, 0.3) is 5.91 Å². The fraction of sp³-hybridized carbons (Fsp3) is 0.269. The Morgan fingerprint density at radius 2 is 1.79 bits per heavy atom. The normalized spacial score (nSPS) is 15.1. The molecule has 34 heavy (non-hydrogen) atoms. The number of ether oxygens (including phenoxy) is 3. The second-order valence-electron chi connectivity index (χ2n) is 7.94. The van der Waals surface area contributed by atoms with E-state index in [0.29, 0.717) is 17.9 Å². The molecular weight excluding hydrogens is 436 g/mol. The van der Waals surface area contributed by atoms with E-state index in [0.717, 1.165) is 28.2 Å². The largest absolute Gasteiger partial charge is 0.497 e. The number of methoxy groups -OCH3 is 1. The fourth-order valence-corrected chi connectivity index (χ4v) is 3.60. The van der Waals surface area contributed by atoms with Crippen molar-refractivity contribution >= 4 is 17.6 Å². The first kappa shape index (κ1) is 23.1. The summed E-state index contributed by atoms with van der Waals surface area (Å²) in [7, 11) is 1.60. The summed E-state index contributed by atoms with van der Waals surface area (Å²) in [6, 6.07) is 16.1. The van der Waals surface area contributed by atoms with E-state index in [2.05, 4.69) is 5.10 Å². The summed E-state index contributed by atoms with van der Waals surface area (Å²) in [6.45, 7) is 3.21. The van der Waals surface area contributed by atoms with Crippen LogP contribution in [0.1, 0.15) is 34.9 Å². The number of furan rings is 1. The standard InChI is InChI=1S/C26H26N2O6/c1-17-6-9-21(13-18(17)2)33-16-26(30)34-15-25(29)28-23(24-5-4-12-32-24)14-22(27-28)19-7-10-20(31-3)11-8-19/h4-13,23H,14-16H2,1-3H3. The highest BCUT2D eigenvalue weighted by Gasteiger charge is 2.35. The predicted octanol–water partition coefficient (Wildman–Crippen LogP) is 4.20. The SMILES string of the molecule is COc1ccc(C2=NN(C(=O)COC(=O)COc3ccc(C)c(C)c3)C(c3ccco3)C2)cc1. The van der Waals surface area contributed by atoms with Crippen LogP contribution in [0, 0.1) is 13.8 Å². The van der Waals surface area contributed by atoms with Crippen LogP contribution in [0.15, 0.2) is 70.4 Å². The molecular formula is C26H26N2O6. The summed E-state index contributed by atoms with van der Waals surface area (Å²) in [6.07, 6.45) is 2.02. The number of hydrogen-bond acceptors (Lipinski definition) is 7. The minimum Gasteiger partial charge on any atom is -0.497 e. The van der Waals surface area contributed by atoms with Crippen LogP contribution in [0.4, 0.5) is 0 Å². The molecule has 2 aromatic carbocycles. The molecule has 1 aliphatic heterocycles. The molecule has 3 aromatic rings. The molecule has 0 fully saturated rings. The molecule has 8 heteroatoms. The van der Waals surface area contributed by atoms with E-state index in [4.69, 9.17) is 18.6 Å². The topological polar surface area (TPSA) is 90.6 Å². The number of nitrogens with zero attached hydrogens (tertiary/aromatic N) is 2. The van der Waals surface area contributed by atoms with Gasteiger partial charge in [-0.1, -0.05) is 6.07 Å². The molecule has 0 N–H and O–H groups in total. The van der Waals surface area contributed by atoms with Gasteiger partial charge in [0.2, 0.25) is 0 Å². The Bertz CT molecular complexity index is 1180. The molecule has 0 bridgehead atoms. The fourth-order valence-electron chi connectivity index (χ4n) is 3.60. The first-order valence-corrected chi connectivity index (χ1v) is 10.9. The van der Waals surface area contributed by atoms with Gasteiger partial charge in [-0.3, -0.25) is 4.79 Å². The summed E-state index contributed by atoms with van der Waals surface area (Å²) < 4.78 is 21.4. The maximum atomic E-state index is 12.9. The average molecular weight is 463 g/mol.